The number of nitrogens with two attached hydrogens (primary N) is 1. The number of H-pyrrole nitrogens is 1. The summed E-state index contributed by atoms with van der Waals surface area (Å²) in [4.78, 5) is 6.07. The van der Waals surface area contributed by atoms with Gasteiger partial charge in [-0.15, -0.1) is 0 Å². The highest BCUT2D eigenvalue weighted by atomic mass is 19.3. The summed E-state index contributed by atoms with van der Waals surface area (Å²) in [5.74, 6) is -0.290. The number of aromatic nitrogens is 2. The fourth-order valence-electron chi connectivity index (χ4n) is 1.10. The van der Waals surface area contributed by atoms with Gasteiger partial charge in [0.1, 0.15) is 0 Å². The third-order valence-electron chi connectivity index (χ3n) is 2.13. The van der Waals surface area contributed by atoms with Gasteiger partial charge in [-0.1, -0.05) is 0 Å². The highest BCUT2D eigenvalue weighted by molar-refractivity contribution is 5.20. The molecular weight excluding hydrogens is 164 g/mol. The second-order valence-electron chi connectivity index (χ2n) is 3.14. The summed E-state index contributed by atoms with van der Waals surface area (Å²) < 4.78 is 24.1. The van der Waals surface area contributed by atoms with Crippen LogP contribution in [0.3, 0.4) is 0 Å². The van der Waals surface area contributed by atoms with Crippen molar-refractivity contribution in [2.24, 2.45) is 5.73 Å². The Morgan fingerprint density at radius 2 is 2.25 bits per heavy atom. The van der Waals surface area contributed by atoms with Gasteiger partial charge in [0.15, 0.2) is 5.82 Å². The van der Waals surface area contributed by atoms with Crippen LogP contribution >= 0.6 is 0 Å². The molecule has 0 aliphatic heterocycles. The molecule has 0 aromatic carbocycles. The van der Waals surface area contributed by atoms with Crippen LogP contribution in [0.5, 0.6) is 0 Å². The van der Waals surface area contributed by atoms with E-state index in [1.807, 2.05) is 0 Å². The third kappa shape index (κ3) is 1.10. The Labute approximate surface area is 68.0 Å². The van der Waals surface area contributed by atoms with E-state index in [4.69, 9.17) is 5.73 Å². The van der Waals surface area contributed by atoms with Gasteiger partial charge in [-0.3, -0.25) is 0 Å². The van der Waals surface area contributed by atoms with Crippen molar-refractivity contribution in [1.29, 1.82) is 0 Å². The molecule has 1 fully saturated rings. The van der Waals surface area contributed by atoms with Gasteiger partial charge in [-0.05, 0) is 12.8 Å². The van der Waals surface area contributed by atoms with Crippen LogP contribution in [0.25, 0.3) is 0 Å². The molecule has 3 N–H and O–H groups in total. The second-order valence-corrected chi connectivity index (χ2v) is 3.14. The Kier molecular flexibility index (Phi) is 1.44. The number of hydrogen-bond donors (Lipinski definition) is 2. The number of nitrogens with zero attached hydrogens (tertiary/aromatic N) is 1. The zero-order valence-electron chi connectivity index (χ0n) is 6.35. The number of halogens is 2. The molecule has 12 heavy (non-hydrogen) atoms. The molecular formula is C7H9F2N3. The van der Waals surface area contributed by atoms with E-state index in [0.717, 1.165) is 12.8 Å². The predicted molar refractivity (Wildman–Crippen MR) is 38.6 cm³/mol. The monoisotopic (exact) mass is 173 g/mol. The van der Waals surface area contributed by atoms with Crippen molar-refractivity contribution in [3.05, 3.63) is 17.7 Å². The molecule has 1 aliphatic rings. The molecule has 5 heteroatoms. The van der Waals surface area contributed by atoms with Gasteiger partial charge in [-0.25, -0.2) is 13.8 Å². The second kappa shape index (κ2) is 2.26. The molecule has 0 saturated heterocycles. The number of hydrogen-bond acceptors (Lipinski definition) is 2. The average Bonchev–Trinajstić information content (AvgIpc) is 2.61. The molecule has 2 rings (SSSR count). The molecule has 0 bridgehead atoms. The van der Waals surface area contributed by atoms with Gasteiger partial charge in [0.05, 0.1) is 17.4 Å². The topological polar surface area (TPSA) is 54.7 Å². The molecule has 1 saturated carbocycles. The zero-order chi connectivity index (χ0) is 8.77. The van der Waals surface area contributed by atoms with E-state index in [-0.39, 0.29) is 5.82 Å². The van der Waals surface area contributed by atoms with E-state index in [1.54, 1.807) is 0 Å². The first-order valence-electron chi connectivity index (χ1n) is 3.74. The summed E-state index contributed by atoms with van der Waals surface area (Å²) in [6, 6.07) is 0. The van der Waals surface area contributed by atoms with E-state index in [9.17, 15) is 8.78 Å². The van der Waals surface area contributed by atoms with Crippen LogP contribution < -0.4 is 5.73 Å². The van der Waals surface area contributed by atoms with Gasteiger partial charge in [0, 0.05) is 0 Å². The lowest BCUT2D eigenvalue weighted by Gasteiger charge is -2.02. The van der Waals surface area contributed by atoms with Gasteiger partial charge in [0.2, 0.25) is 0 Å². The van der Waals surface area contributed by atoms with Gasteiger partial charge >= 0.3 is 0 Å². The molecule has 1 aromatic heterocycles. The van der Waals surface area contributed by atoms with Crippen molar-refractivity contribution in [1.82, 2.24) is 9.97 Å². The Balaban J connectivity index is 2.25. The predicted octanol–water partition coefficient (Wildman–Crippen LogP) is 1.30. The van der Waals surface area contributed by atoms with Crippen molar-refractivity contribution in [2.75, 3.05) is 0 Å². The Bertz CT molecular complexity index is 291. The number of aromatic amines is 1. The summed E-state index contributed by atoms with van der Waals surface area (Å²) in [7, 11) is 0. The number of alkyl halides is 2. The first kappa shape index (κ1) is 7.67. The van der Waals surface area contributed by atoms with Crippen LogP contribution in [-0.2, 0) is 5.54 Å². The molecule has 0 amide bonds. The van der Waals surface area contributed by atoms with Crippen molar-refractivity contribution >= 4 is 0 Å². The molecule has 0 spiro atoms. The summed E-state index contributed by atoms with van der Waals surface area (Å²) in [5.41, 5.74) is 5.99. The van der Waals surface area contributed by atoms with Crippen LogP contribution in [0, 0.1) is 0 Å². The maximum absolute atomic E-state index is 12.1. The summed E-state index contributed by atoms with van der Waals surface area (Å²) in [6.07, 6.45) is 0.547. The number of rotatable bonds is 2. The lowest BCUT2D eigenvalue weighted by molar-refractivity contribution is 0.141. The molecule has 0 radical (unpaired) electrons. The summed E-state index contributed by atoms with van der Waals surface area (Å²) in [6.45, 7) is 0. The average molecular weight is 173 g/mol. The minimum atomic E-state index is -2.54. The standard InChI is InChI=1S/C7H9F2N3/c8-5(9)6-11-3-4(12-6)7(10)1-2-7/h3,5H,1-2,10H2,(H,11,12). The maximum Gasteiger partial charge on any atom is 0.295 e. The van der Waals surface area contributed by atoms with Crippen molar-refractivity contribution < 1.29 is 8.78 Å². The SMILES string of the molecule is NC1(c2cnc(C(F)F)[nH]2)CC1. The van der Waals surface area contributed by atoms with Gasteiger partial charge < -0.3 is 10.7 Å². The van der Waals surface area contributed by atoms with Crippen molar-refractivity contribution in [3.8, 4) is 0 Å². The lowest BCUT2D eigenvalue weighted by Crippen LogP contribution is -2.19. The van der Waals surface area contributed by atoms with Crippen LogP contribution in [0.2, 0.25) is 0 Å². The Morgan fingerprint density at radius 1 is 1.58 bits per heavy atom. The molecule has 1 aliphatic carbocycles. The normalized spacial score (nSPS) is 20.0. The Hall–Kier alpha value is -0.970. The molecule has 66 valence electrons. The smallest absolute Gasteiger partial charge is 0.295 e. The van der Waals surface area contributed by atoms with Crippen molar-refractivity contribution in [2.45, 2.75) is 24.8 Å². The first-order chi connectivity index (χ1) is 5.62. The largest absolute Gasteiger partial charge is 0.340 e. The molecule has 0 unspecified atom stereocenters. The summed E-state index contributed by atoms with van der Waals surface area (Å²) >= 11 is 0. The summed E-state index contributed by atoms with van der Waals surface area (Å²) in [5, 5.41) is 0. The van der Waals surface area contributed by atoms with Crippen LogP contribution in [0.1, 0.15) is 30.8 Å². The highest BCUT2D eigenvalue weighted by Crippen LogP contribution is 2.41. The minimum absolute atomic E-state index is 0.290. The number of imidazole rings is 1. The Morgan fingerprint density at radius 3 is 2.67 bits per heavy atom. The molecule has 3 nitrogen and oxygen atoms in total. The maximum atomic E-state index is 12.1. The van der Waals surface area contributed by atoms with E-state index in [1.165, 1.54) is 6.20 Å². The zero-order valence-corrected chi connectivity index (χ0v) is 6.35. The van der Waals surface area contributed by atoms with E-state index in [2.05, 4.69) is 9.97 Å². The first-order valence-corrected chi connectivity index (χ1v) is 3.74. The van der Waals surface area contributed by atoms with Crippen LogP contribution in [0.4, 0.5) is 8.78 Å². The van der Waals surface area contributed by atoms with Gasteiger partial charge in [0.25, 0.3) is 6.43 Å². The molecule has 1 heterocycles. The molecule has 0 atom stereocenters. The van der Waals surface area contributed by atoms with Crippen LogP contribution in [-0.4, -0.2) is 9.97 Å². The number of nitrogens with one attached hydrogen (secondary N) is 1. The quantitative estimate of drug-likeness (QED) is 0.708. The van der Waals surface area contributed by atoms with Crippen molar-refractivity contribution in [3.63, 3.8) is 0 Å². The lowest BCUT2D eigenvalue weighted by atomic mass is 10.2. The van der Waals surface area contributed by atoms with E-state index >= 15 is 0 Å². The highest BCUT2D eigenvalue weighted by Gasteiger charge is 2.41. The van der Waals surface area contributed by atoms with E-state index < -0.39 is 12.0 Å². The van der Waals surface area contributed by atoms with Crippen LogP contribution in [0.15, 0.2) is 6.20 Å². The third-order valence-corrected chi connectivity index (χ3v) is 2.13. The van der Waals surface area contributed by atoms with E-state index in [0.29, 0.717) is 5.69 Å². The minimum Gasteiger partial charge on any atom is -0.340 e. The molecule has 1 aromatic rings. The fraction of sp³-hybridized carbons (Fsp3) is 0.571. The fourth-order valence-corrected chi connectivity index (χ4v) is 1.10. The van der Waals surface area contributed by atoms with Gasteiger partial charge in [-0.2, -0.15) is 0 Å².